The Kier molecular flexibility index (Phi) is 7.91. The first-order valence-corrected chi connectivity index (χ1v) is 14.8. The van der Waals surface area contributed by atoms with Gasteiger partial charge in [-0.15, -0.1) is 0 Å². The minimum absolute atomic E-state index is 0.00362. The van der Waals surface area contributed by atoms with E-state index < -0.39 is 22.9 Å². The van der Waals surface area contributed by atoms with Crippen molar-refractivity contribution in [3.05, 3.63) is 71.7 Å². The summed E-state index contributed by atoms with van der Waals surface area (Å²) in [7, 11) is 1.96. The van der Waals surface area contributed by atoms with Crippen molar-refractivity contribution in [1.82, 2.24) is 19.7 Å². The molecule has 5 rings (SSSR count). The van der Waals surface area contributed by atoms with Crippen LogP contribution in [0.5, 0.6) is 0 Å². The zero-order valence-corrected chi connectivity index (χ0v) is 25.2. The first-order valence-electron chi connectivity index (χ1n) is 14.8. The normalized spacial score (nSPS) is 21.9. The molecule has 0 saturated carbocycles. The molecule has 3 N–H and O–H groups in total. The van der Waals surface area contributed by atoms with Gasteiger partial charge in [-0.25, -0.2) is 4.39 Å². The number of nitrogens with one attached hydrogen (secondary N) is 1. The summed E-state index contributed by atoms with van der Waals surface area (Å²) in [6.07, 6.45) is 3.57. The lowest BCUT2D eigenvalue weighted by Gasteiger charge is -2.43. The van der Waals surface area contributed by atoms with E-state index in [4.69, 9.17) is 5.73 Å². The average Bonchev–Trinajstić information content (AvgIpc) is 3.41. The van der Waals surface area contributed by atoms with E-state index >= 15 is 0 Å². The number of halogens is 1. The van der Waals surface area contributed by atoms with E-state index in [1.54, 1.807) is 30.9 Å². The van der Waals surface area contributed by atoms with E-state index in [9.17, 15) is 18.8 Å². The second-order valence-corrected chi connectivity index (χ2v) is 12.9. The molecule has 0 aliphatic carbocycles. The van der Waals surface area contributed by atoms with Crippen molar-refractivity contribution >= 4 is 28.6 Å². The first-order chi connectivity index (χ1) is 19.8. The van der Waals surface area contributed by atoms with Gasteiger partial charge >= 0.3 is 0 Å². The van der Waals surface area contributed by atoms with Crippen molar-refractivity contribution in [3.8, 4) is 0 Å². The molecule has 3 heterocycles. The monoisotopic (exact) mass is 575 g/mol. The van der Waals surface area contributed by atoms with Crippen LogP contribution in [0.1, 0.15) is 57.6 Å². The second-order valence-electron chi connectivity index (χ2n) is 12.9. The number of carbonyl (C=O) groups excluding carboxylic acids is 3. The lowest BCUT2D eigenvalue weighted by molar-refractivity contribution is -0.146. The SMILES string of the molecule is CC(C)N1CC(c2ccc(F)cc2)C2(CCCN(C(=O)C(Cc3cn(C)c4ccccc34)NC(=O)C(C)(C)N)C2)C1=O. The summed E-state index contributed by atoms with van der Waals surface area (Å²) in [6, 6.07) is 13.5. The van der Waals surface area contributed by atoms with E-state index in [-0.39, 0.29) is 36.1 Å². The Morgan fingerprint density at radius 2 is 1.83 bits per heavy atom. The third kappa shape index (κ3) is 5.42. The number of rotatable bonds is 7. The Labute approximate surface area is 247 Å². The highest BCUT2D eigenvalue weighted by molar-refractivity contribution is 5.94. The number of carbonyl (C=O) groups is 3. The summed E-state index contributed by atoms with van der Waals surface area (Å²) in [5.41, 5.74) is 7.01. The quantitative estimate of drug-likeness (QED) is 0.449. The molecule has 8 nitrogen and oxygen atoms in total. The van der Waals surface area contributed by atoms with Crippen LogP contribution in [0.25, 0.3) is 10.9 Å². The number of piperidine rings is 1. The van der Waals surface area contributed by atoms with Crippen molar-refractivity contribution in [3.63, 3.8) is 0 Å². The molecule has 2 fully saturated rings. The van der Waals surface area contributed by atoms with E-state index in [0.717, 1.165) is 22.0 Å². The maximum atomic E-state index is 14.3. The lowest BCUT2D eigenvalue weighted by atomic mass is 9.69. The largest absolute Gasteiger partial charge is 0.350 e. The number of amides is 3. The summed E-state index contributed by atoms with van der Waals surface area (Å²) in [5, 5.41) is 3.96. The van der Waals surface area contributed by atoms with Gasteiger partial charge in [0.2, 0.25) is 17.7 Å². The Morgan fingerprint density at radius 1 is 1.14 bits per heavy atom. The third-order valence-electron chi connectivity index (χ3n) is 9.06. The molecule has 3 aromatic rings. The van der Waals surface area contributed by atoms with Crippen LogP contribution in [0.15, 0.2) is 54.7 Å². The van der Waals surface area contributed by atoms with E-state index in [1.165, 1.54) is 12.1 Å². The number of hydrogen-bond donors (Lipinski definition) is 2. The topological polar surface area (TPSA) is 101 Å². The number of aromatic nitrogens is 1. The van der Waals surface area contributed by atoms with Crippen molar-refractivity contribution < 1.29 is 18.8 Å². The van der Waals surface area contributed by atoms with Crippen LogP contribution in [0.3, 0.4) is 0 Å². The van der Waals surface area contributed by atoms with Crippen molar-refractivity contribution in [1.29, 1.82) is 0 Å². The number of aryl methyl sites for hydroxylation is 1. The zero-order valence-electron chi connectivity index (χ0n) is 25.2. The maximum absolute atomic E-state index is 14.3. The highest BCUT2D eigenvalue weighted by Crippen LogP contribution is 2.50. The lowest BCUT2D eigenvalue weighted by Crippen LogP contribution is -2.60. The summed E-state index contributed by atoms with van der Waals surface area (Å²) >= 11 is 0. The van der Waals surface area contributed by atoms with Crippen molar-refractivity contribution in [2.24, 2.45) is 18.2 Å². The molecule has 2 saturated heterocycles. The van der Waals surface area contributed by atoms with Crippen LogP contribution in [0.2, 0.25) is 0 Å². The Bertz CT molecular complexity index is 1490. The van der Waals surface area contributed by atoms with Gasteiger partial charge in [-0.2, -0.15) is 0 Å². The van der Waals surface area contributed by atoms with Crippen LogP contribution in [-0.2, 0) is 27.9 Å². The highest BCUT2D eigenvalue weighted by Gasteiger charge is 2.57. The predicted octanol–water partition coefficient (Wildman–Crippen LogP) is 3.73. The van der Waals surface area contributed by atoms with Gasteiger partial charge in [-0.1, -0.05) is 30.3 Å². The minimum atomic E-state index is -1.17. The third-order valence-corrected chi connectivity index (χ3v) is 9.06. The number of nitrogens with two attached hydrogens (primary N) is 1. The standard InChI is InChI=1S/C33H42FN5O3/c1-21(2)39-19-26(22-11-13-24(34)14-12-22)33(31(39)42)15-8-16-38(20-33)29(40)27(36-30(41)32(3,4)35)17-23-18-37(5)28-10-7-6-9-25(23)28/h6-7,9-14,18,21,26-27H,8,15-17,19-20,35H2,1-5H3,(H,36,41). The molecule has 1 spiro atoms. The average molecular weight is 576 g/mol. The minimum Gasteiger partial charge on any atom is -0.350 e. The fourth-order valence-electron chi connectivity index (χ4n) is 6.76. The molecular formula is C33H42FN5O3. The van der Waals surface area contributed by atoms with E-state index in [2.05, 4.69) is 5.32 Å². The van der Waals surface area contributed by atoms with Gasteiger partial charge in [0.25, 0.3) is 0 Å². The number of fused-ring (bicyclic) bond motifs is 1. The number of hydrogen-bond acceptors (Lipinski definition) is 4. The maximum Gasteiger partial charge on any atom is 0.245 e. The van der Waals surface area contributed by atoms with Gasteiger partial charge in [0, 0.05) is 62.2 Å². The molecule has 1 aromatic heterocycles. The molecule has 0 bridgehead atoms. The number of likely N-dealkylation sites (tertiary alicyclic amines) is 2. The highest BCUT2D eigenvalue weighted by atomic mass is 19.1. The van der Waals surface area contributed by atoms with Crippen LogP contribution >= 0.6 is 0 Å². The van der Waals surface area contributed by atoms with Crippen LogP contribution in [-0.4, -0.2) is 69.3 Å². The molecule has 3 unspecified atom stereocenters. The summed E-state index contributed by atoms with van der Waals surface area (Å²) in [6.45, 7) is 8.46. The van der Waals surface area contributed by atoms with E-state index in [0.29, 0.717) is 32.4 Å². The molecule has 2 aromatic carbocycles. The molecular weight excluding hydrogens is 533 g/mol. The predicted molar refractivity (Wildman–Crippen MR) is 161 cm³/mol. The summed E-state index contributed by atoms with van der Waals surface area (Å²) < 4.78 is 15.9. The molecule has 0 radical (unpaired) electrons. The van der Waals surface area contributed by atoms with Gasteiger partial charge in [0.15, 0.2) is 0 Å². The second kappa shape index (κ2) is 11.2. The van der Waals surface area contributed by atoms with E-state index in [1.807, 2.05) is 60.8 Å². The van der Waals surface area contributed by atoms with Crippen molar-refractivity contribution in [2.75, 3.05) is 19.6 Å². The van der Waals surface area contributed by atoms with Gasteiger partial charge < -0.3 is 25.4 Å². The zero-order chi connectivity index (χ0) is 30.4. The number of nitrogens with zero attached hydrogens (tertiary/aromatic N) is 3. The van der Waals surface area contributed by atoms with Crippen LogP contribution < -0.4 is 11.1 Å². The molecule has 224 valence electrons. The fraction of sp³-hybridized carbons (Fsp3) is 0.485. The number of benzene rings is 2. The Hall–Kier alpha value is -3.72. The summed E-state index contributed by atoms with van der Waals surface area (Å²) in [5.74, 6) is -1.12. The van der Waals surface area contributed by atoms with Crippen LogP contribution in [0, 0.1) is 11.2 Å². The molecule has 2 aliphatic heterocycles. The fourth-order valence-corrected chi connectivity index (χ4v) is 6.76. The first kappa shape index (κ1) is 29.8. The molecule has 2 aliphatic rings. The van der Waals surface area contributed by atoms with Gasteiger partial charge in [0.05, 0.1) is 11.0 Å². The van der Waals surface area contributed by atoms with Gasteiger partial charge in [-0.3, -0.25) is 14.4 Å². The van der Waals surface area contributed by atoms with Crippen molar-refractivity contribution in [2.45, 2.75) is 70.5 Å². The smallest absolute Gasteiger partial charge is 0.245 e. The molecule has 3 amide bonds. The van der Waals surface area contributed by atoms with Crippen LogP contribution in [0.4, 0.5) is 4.39 Å². The summed E-state index contributed by atoms with van der Waals surface area (Å²) in [4.78, 5) is 45.2. The number of para-hydroxylation sites is 1. The molecule has 9 heteroatoms. The van der Waals surface area contributed by atoms with Gasteiger partial charge in [0.1, 0.15) is 11.9 Å². The van der Waals surface area contributed by atoms with Gasteiger partial charge in [-0.05, 0) is 69.9 Å². The Balaban J connectivity index is 1.49. The Morgan fingerprint density at radius 3 is 2.50 bits per heavy atom. The molecule has 42 heavy (non-hydrogen) atoms. The molecule has 3 atom stereocenters.